The summed E-state index contributed by atoms with van der Waals surface area (Å²) < 4.78 is 16.2. The topological polar surface area (TPSA) is 68.3 Å². The van der Waals surface area contributed by atoms with Gasteiger partial charge in [-0.1, -0.05) is 12.1 Å². The van der Waals surface area contributed by atoms with Gasteiger partial charge < -0.3 is 19.1 Å². The van der Waals surface area contributed by atoms with Crippen LogP contribution in [-0.2, 0) is 9.59 Å². The third-order valence-corrected chi connectivity index (χ3v) is 5.73. The Morgan fingerprint density at radius 2 is 1.42 bits per heavy atom. The van der Waals surface area contributed by atoms with Crippen LogP contribution in [-0.4, -0.2) is 51.1 Å². The molecule has 1 saturated heterocycles. The van der Waals surface area contributed by atoms with Crippen molar-refractivity contribution in [3.05, 3.63) is 53.2 Å². The van der Waals surface area contributed by atoms with E-state index in [0.29, 0.717) is 39.8 Å². The van der Waals surface area contributed by atoms with Gasteiger partial charge in [0.1, 0.15) is 11.4 Å². The Kier molecular flexibility index (Phi) is 5.59. The molecule has 0 radical (unpaired) electrons. The molecule has 0 saturated carbocycles. The fourth-order valence-electron chi connectivity index (χ4n) is 4.20. The van der Waals surface area contributed by atoms with Gasteiger partial charge in [0.2, 0.25) is 0 Å². The fraction of sp³-hybridized carbons (Fsp3) is 0.333. The molecule has 2 aliphatic heterocycles. The minimum Gasteiger partial charge on any atom is -0.495 e. The lowest BCUT2D eigenvalue weighted by Crippen LogP contribution is -2.34. The number of aryl methyl sites for hydroxylation is 1. The lowest BCUT2D eigenvalue weighted by Gasteiger charge is -2.21. The molecule has 2 heterocycles. The molecule has 7 nitrogen and oxygen atoms in total. The SMILES string of the molecule is COc1ccc(C2=C(N3CCCC3)C(=O)N(c3cc(C)ccc3OC)C2=O)cc1OC. The minimum absolute atomic E-state index is 0.333. The zero-order valence-corrected chi connectivity index (χ0v) is 18.2. The Balaban J connectivity index is 1.88. The number of imide groups is 1. The Morgan fingerprint density at radius 1 is 0.774 bits per heavy atom. The smallest absolute Gasteiger partial charge is 0.282 e. The monoisotopic (exact) mass is 422 g/mol. The number of amides is 2. The number of likely N-dealkylation sites (tertiary alicyclic amines) is 1. The predicted octanol–water partition coefficient (Wildman–Crippen LogP) is 3.40. The first-order valence-electron chi connectivity index (χ1n) is 10.2. The van der Waals surface area contributed by atoms with Crippen LogP contribution < -0.4 is 19.1 Å². The summed E-state index contributed by atoms with van der Waals surface area (Å²) >= 11 is 0. The highest BCUT2D eigenvalue weighted by molar-refractivity contribution is 6.45. The zero-order chi connectivity index (χ0) is 22.1. The number of benzene rings is 2. The van der Waals surface area contributed by atoms with Gasteiger partial charge in [0.05, 0.1) is 32.6 Å². The average molecular weight is 422 g/mol. The lowest BCUT2D eigenvalue weighted by atomic mass is 10.0. The fourth-order valence-corrected chi connectivity index (χ4v) is 4.20. The Labute approximate surface area is 181 Å². The third-order valence-electron chi connectivity index (χ3n) is 5.73. The van der Waals surface area contributed by atoms with Crippen molar-refractivity contribution < 1.29 is 23.8 Å². The van der Waals surface area contributed by atoms with Crippen molar-refractivity contribution in [3.63, 3.8) is 0 Å². The molecule has 2 aromatic rings. The number of hydrogen-bond donors (Lipinski definition) is 0. The molecule has 2 amide bonds. The minimum atomic E-state index is -0.372. The van der Waals surface area contributed by atoms with E-state index < -0.39 is 0 Å². The maximum absolute atomic E-state index is 13.7. The number of nitrogens with zero attached hydrogens (tertiary/aromatic N) is 2. The van der Waals surface area contributed by atoms with E-state index in [1.54, 1.807) is 44.6 Å². The van der Waals surface area contributed by atoms with Gasteiger partial charge in [-0.05, 0) is 55.2 Å². The summed E-state index contributed by atoms with van der Waals surface area (Å²) in [6.07, 6.45) is 1.97. The van der Waals surface area contributed by atoms with Crippen molar-refractivity contribution in [2.75, 3.05) is 39.3 Å². The van der Waals surface area contributed by atoms with Crippen LogP contribution in [0.3, 0.4) is 0 Å². The predicted molar refractivity (Wildman–Crippen MR) is 117 cm³/mol. The number of carbonyl (C=O) groups is 2. The summed E-state index contributed by atoms with van der Waals surface area (Å²) in [6.45, 7) is 3.39. The molecule has 31 heavy (non-hydrogen) atoms. The largest absolute Gasteiger partial charge is 0.495 e. The molecule has 0 atom stereocenters. The van der Waals surface area contributed by atoms with E-state index >= 15 is 0 Å². The van der Waals surface area contributed by atoms with Gasteiger partial charge >= 0.3 is 0 Å². The van der Waals surface area contributed by atoms with Gasteiger partial charge in [-0.15, -0.1) is 0 Å². The van der Waals surface area contributed by atoms with Crippen LogP contribution in [0.5, 0.6) is 17.2 Å². The second-order valence-corrected chi connectivity index (χ2v) is 7.61. The number of rotatable bonds is 6. The van der Waals surface area contributed by atoms with Gasteiger partial charge in [0, 0.05) is 13.1 Å². The van der Waals surface area contributed by atoms with Gasteiger partial charge in [0.15, 0.2) is 11.5 Å². The maximum atomic E-state index is 13.7. The summed E-state index contributed by atoms with van der Waals surface area (Å²) in [4.78, 5) is 30.6. The summed E-state index contributed by atoms with van der Waals surface area (Å²) in [5.41, 5.74) is 2.80. The highest BCUT2D eigenvalue weighted by Gasteiger charge is 2.44. The first-order chi connectivity index (χ1) is 15.0. The maximum Gasteiger partial charge on any atom is 0.282 e. The first kappa shape index (κ1) is 20.8. The van der Waals surface area contributed by atoms with Crippen LogP contribution in [0.4, 0.5) is 5.69 Å². The zero-order valence-electron chi connectivity index (χ0n) is 18.2. The molecule has 2 aliphatic rings. The van der Waals surface area contributed by atoms with E-state index in [1.807, 2.05) is 17.9 Å². The highest BCUT2D eigenvalue weighted by Crippen LogP contribution is 2.41. The summed E-state index contributed by atoms with van der Waals surface area (Å²) in [6, 6.07) is 10.7. The second kappa shape index (κ2) is 8.34. The normalized spacial score (nSPS) is 16.4. The van der Waals surface area contributed by atoms with E-state index in [4.69, 9.17) is 14.2 Å². The standard InChI is InChI=1S/C24H26N2O5/c1-15-7-9-18(29-2)17(13-15)26-23(27)21(22(24(26)28)25-11-5-6-12-25)16-8-10-19(30-3)20(14-16)31-4/h7-10,13-14H,5-6,11-12H2,1-4H3. The summed E-state index contributed by atoms with van der Waals surface area (Å²) in [5.74, 6) is 0.828. The van der Waals surface area contributed by atoms with Crippen LogP contribution in [0.2, 0.25) is 0 Å². The number of carbonyl (C=O) groups excluding carboxylic acids is 2. The summed E-state index contributed by atoms with van der Waals surface area (Å²) in [5, 5.41) is 0. The number of methoxy groups -OCH3 is 3. The molecule has 2 aromatic carbocycles. The third kappa shape index (κ3) is 3.50. The molecule has 0 aromatic heterocycles. The molecule has 7 heteroatoms. The van der Waals surface area contributed by atoms with Crippen molar-refractivity contribution in [2.45, 2.75) is 19.8 Å². The van der Waals surface area contributed by atoms with Gasteiger partial charge in [-0.25, -0.2) is 4.90 Å². The van der Waals surface area contributed by atoms with Gasteiger partial charge in [0.25, 0.3) is 11.8 Å². The molecule has 0 aliphatic carbocycles. The second-order valence-electron chi connectivity index (χ2n) is 7.61. The van der Waals surface area contributed by atoms with E-state index in [1.165, 1.54) is 12.0 Å². The number of ether oxygens (including phenoxy) is 3. The van der Waals surface area contributed by atoms with Crippen molar-refractivity contribution in [1.82, 2.24) is 4.90 Å². The van der Waals surface area contributed by atoms with Crippen LogP contribution in [0.15, 0.2) is 42.1 Å². The molecular weight excluding hydrogens is 396 g/mol. The molecule has 0 N–H and O–H groups in total. The first-order valence-corrected chi connectivity index (χ1v) is 10.2. The van der Waals surface area contributed by atoms with Crippen LogP contribution in [0.25, 0.3) is 5.57 Å². The molecule has 162 valence electrons. The Bertz CT molecular complexity index is 1070. The Morgan fingerprint density at radius 3 is 2.06 bits per heavy atom. The van der Waals surface area contributed by atoms with Crippen molar-refractivity contribution in [3.8, 4) is 17.2 Å². The number of hydrogen-bond acceptors (Lipinski definition) is 6. The van der Waals surface area contributed by atoms with Crippen LogP contribution >= 0.6 is 0 Å². The van der Waals surface area contributed by atoms with Gasteiger partial charge in [-0.3, -0.25) is 9.59 Å². The molecule has 1 fully saturated rings. The lowest BCUT2D eigenvalue weighted by molar-refractivity contribution is -0.120. The molecule has 4 rings (SSSR count). The van der Waals surface area contributed by atoms with E-state index in [2.05, 4.69) is 0 Å². The Hall–Kier alpha value is -3.48. The van der Waals surface area contributed by atoms with Crippen molar-refractivity contribution in [2.24, 2.45) is 0 Å². The van der Waals surface area contributed by atoms with Crippen molar-refractivity contribution in [1.29, 1.82) is 0 Å². The number of anilines is 1. The molecule has 0 spiro atoms. The molecule has 0 bridgehead atoms. The van der Waals surface area contributed by atoms with Gasteiger partial charge in [-0.2, -0.15) is 0 Å². The van der Waals surface area contributed by atoms with Crippen molar-refractivity contribution >= 4 is 23.1 Å². The molecular formula is C24H26N2O5. The van der Waals surface area contributed by atoms with E-state index in [0.717, 1.165) is 31.5 Å². The van der Waals surface area contributed by atoms with Crippen LogP contribution in [0, 0.1) is 6.92 Å². The average Bonchev–Trinajstić information content (AvgIpc) is 3.39. The highest BCUT2D eigenvalue weighted by atomic mass is 16.5. The summed E-state index contributed by atoms with van der Waals surface area (Å²) in [7, 11) is 4.63. The molecule has 0 unspecified atom stereocenters. The quantitative estimate of drug-likeness (QED) is 0.665. The van der Waals surface area contributed by atoms with E-state index in [-0.39, 0.29) is 11.8 Å². The van der Waals surface area contributed by atoms with E-state index in [9.17, 15) is 9.59 Å². The van der Waals surface area contributed by atoms with Crippen LogP contribution in [0.1, 0.15) is 24.0 Å².